The lowest BCUT2D eigenvalue weighted by Crippen LogP contribution is -2.26. The van der Waals surface area contributed by atoms with Crippen LogP contribution < -0.4 is 10.2 Å². The van der Waals surface area contributed by atoms with E-state index in [1.165, 1.54) is 13.0 Å². The molecule has 0 unspecified atom stereocenters. The standard InChI is InChI=1S/C19H14Cl2O5/c1-9-7-15-13(8-14(9)21)16(22)18(25-10(2)19(23)24)17(26-15)11-3-5-12(20)6-4-11/h3-8,10H,1-2H3,(H,23,24)/t10-/m0/s1. The van der Waals surface area contributed by atoms with Crippen LogP contribution in [0.4, 0.5) is 0 Å². The van der Waals surface area contributed by atoms with Gasteiger partial charge in [-0.05, 0) is 55.8 Å². The van der Waals surface area contributed by atoms with Crippen molar-refractivity contribution in [3.8, 4) is 17.1 Å². The summed E-state index contributed by atoms with van der Waals surface area (Å²) in [4.78, 5) is 24.1. The van der Waals surface area contributed by atoms with Crippen LogP contribution in [0.25, 0.3) is 22.3 Å². The van der Waals surface area contributed by atoms with E-state index in [2.05, 4.69) is 0 Å². The van der Waals surface area contributed by atoms with Crippen LogP contribution in [-0.4, -0.2) is 17.2 Å². The molecule has 26 heavy (non-hydrogen) atoms. The Kier molecular flexibility index (Phi) is 4.94. The van der Waals surface area contributed by atoms with Crippen LogP contribution in [0, 0.1) is 6.92 Å². The van der Waals surface area contributed by atoms with Gasteiger partial charge in [-0.15, -0.1) is 0 Å². The normalized spacial score (nSPS) is 12.2. The highest BCUT2D eigenvalue weighted by molar-refractivity contribution is 6.32. The first-order valence-electron chi connectivity index (χ1n) is 7.70. The van der Waals surface area contributed by atoms with Crippen molar-refractivity contribution >= 4 is 40.1 Å². The zero-order valence-corrected chi connectivity index (χ0v) is 15.4. The molecule has 0 saturated heterocycles. The van der Waals surface area contributed by atoms with E-state index in [1.807, 2.05) is 0 Å². The molecule has 7 heteroatoms. The summed E-state index contributed by atoms with van der Waals surface area (Å²) < 4.78 is 11.3. The van der Waals surface area contributed by atoms with Gasteiger partial charge in [-0.25, -0.2) is 4.79 Å². The summed E-state index contributed by atoms with van der Waals surface area (Å²) in [5, 5.41) is 10.3. The third-order valence-electron chi connectivity index (χ3n) is 3.88. The zero-order valence-electron chi connectivity index (χ0n) is 13.9. The highest BCUT2D eigenvalue weighted by Gasteiger charge is 2.23. The Balaban J connectivity index is 2.32. The van der Waals surface area contributed by atoms with Gasteiger partial charge in [0.15, 0.2) is 11.9 Å². The average molecular weight is 393 g/mol. The van der Waals surface area contributed by atoms with E-state index < -0.39 is 17.5 Å². The van der Waals surface area contributed by atoms with E-state index in [4.69, 9.17) is 37.5 Å². The Hall–Kier alpha value is -2.50. The molecule has 0 radical (unpaired) electrons. The molecule has 134 valence electrons. The molecule has 3 rings (SSSR count). The highest BCUT2D eigenvalue weighted by atomic mass is 35.5. The predicted octanol–water partition coefficient (Wildman–Crippen LogP) is 4.93. The fourth-order valence-electron chi connectivity index (χ4n) is 2.42. The lowest BCUT2D eigenvalue weighted by atomic mass is 10.1. The van der Waals surface area contributed by atoms with Gasteiger partial charge in [0.25, 0.3) is 0 Å². The van der Waals surface area contributed by atoms with E-state index >= 15 is 0 Å². The van der Waals surface area contributed by atoms with Gasteiger partial charge >= 0.3 is 5.97 Å². The molecule has 1 N–H and O–H groups in total. The van der Waals surface area contributed by atoms with Crippen molar-refractivity contribution in [2.75, 3.05) is 0 Å². The van der Waals surface area contributed by atoms with E-state index in [0.717, 1.165) is 5.56 Å². The Morgan fingerprint density at radius 3 is 2.46 bits per heavy atom. The third kappa shape index (κ3) is 3.41. The molecule has 0 aliphatic heterocycles. The fourth-order valence-corrected chi connectivity index (χ4v) is 2.71. The minimum atomic E-state index is -1.23. The van der Waals surface area contributed by atoms with Crippen molar-refractivity contribution in [2.24, 2.45) is 0 Å². The number of hydrogen-bond acceptors (Lipinski definition) is 4. The van der Waals surface area contributed by atoms with Crippen molar-refractivity contribution < 1.29 is 19.1 Å². The number of fused-ring (bicyclic) bond motifs is 1. The third-order valence-corrected chi connectivity index (χ3v) is 4.54. The molecule has 1 aromatic heterocycles. The second-order valence-electron chi connectivity index (χ2n) is 5.79. The molecule has 0 spiro atoms. The van der Waals surface area contributed by atoms with Crippen LogP contribution in [0.1, 0.15) is 12.5 Å². The number of aliphatic carboxylic acids is 1. The quantitative estimate of drug-likeness (QED) is 0.681. The number of benzene rings is 2. The van der Waals surface area contributed by atoms with Crippen molar-refractivity contribution in [2.45, 2.75) is 20.0 Å². The number of halogens is 2. The molecule has 5 nitrogen and oxygen atoms in total. The van der Waals surface area contributed by atoms with Crippen molar-refractivity contribution in [3.05, 3.63) is 62.2 Å². The number of carboxylic acid groups (broad SMARTS) is 1. The molecule has 0 aliphatic carbocycles. The molecule has 0 saturated carbocycles. The minimum Gasteiger partial charge on any atom is -0.479 e. The molecule has 0 amide bonds. The van der Waals surface area contributed by atoms with Crippen molar-refractivity contribution in [1.29, 1.82) is 0 Å². The number of rotatable bonds is 4. The number of hydrogen-bond donors (Lipinski definition) is 1. The van der Waals surface area contributed by atoms with Crippen LogP contribution in [-0.2, 0) is 4.79 Å². The summed E-state index contributed by atoms with van der Waals surface area (Å²) >= 11 is 12.0. The van der Waals surface area contributed by atoms with Gasteiger partial charge in [0.05, 0.1) is 5.39 Å². The summed E-state index contributed by atoms with van der Waals surface area (Å²) in [5.74, 6) is -1.25. The molecular formula is C19H14Cl2O5. The number of carbonyl (C=O) groups is 1. The summed E-state index contributed by atoms with van der Waals surface area (Å²) in [5.41, 5.74) is 1.12. The van der Waals surface area contributed by atoms with E-state index in [9.17, 15) is 9.59 Å². The van der Waals surface area contributed by atoms with Gasteiger partial charge in [-0.1, -0.05) is 23.2 Å². The van der Waals surface area contributed by atoms with Crippen LogP contribution in [0.2, 0.25) is 10.0 Å². The minimum absolute atomic E-state index is 0.133. The lowest BCUT2D eigenvalue weighted by molar-refractivity contribution is -0.144. The number of ether oxygens (including phenoxy) is 1. The predicted molar refractivity (Wildman–Crippen MR) is 100 cm³/mol. The first kappa shape index (κ1) is 18.3. The molecule has 1 heterocycles. The maximum atomic E-state index is 12.9. The largest absolute Gasteiger partial charge is 0.479 e. The first-order valence-corrected chi connectivity index (χ1v) is 8.46. The second kappa shape index (κ2) is 7.02. The summed E-state index contributed by atoms with van der Waals surface area (Å²) in [6.45, 7) is 3.13. The summed E-state index contributed by atoms with van der Waals surface area (Å²) in [7, 11) is 0. The zero-order chi connectivity index (χ0) is 19.0. The molecule has 0 fully saturated rings. The molecule has 1 atom stereocenters. The molecule has 0 aliphatic rings. The summed E-state index contributed by atoms with van der Waals surface area (Å²) in [6, 6.07) is 9.74. The Labute approximate surface area is 158 Å². The van der Waals surface area contributed by atoms with Gasteiger partial charge in [-0.3, -0.25) is 4.79 Å². The molecule has 0 bridgehead atoms. The van der Waals surface area contributed by atoms with Crippen LogP contribution in [0.5, 0.6) is 5.75 Å². The van der Waals surface area contributed by atoms with E-state index in [-0.39, 0.29) is 16.9 Å². The van der Waals surface area contributed by atoms with Gasteiger partial charge in [0.1, 0.15) is 5.58 Å². The highest BCUT2D eigenvalue weighted by Crippen LogP contribution is 2.33. The number of carboxylic acids is 1. The lowest BCUT2D eigenvalue weighted by Gasteiger charge is -2.14. The van der Waals surface area contributed by atoms with Gasteiger partial charge in [-0.2, -0.15) is 0 Å². The van der Waals surface area contributed by atoms with Crippen molar-refractivity contribution in [1.82, 2.24) is 0 Å². The topological polar surface area (TPSA) is 76.7 Å². The van der Waals surface area contributed by atoms with Crippen LogP contribution in [0.3, 0.4) is 0 Å². The van der Waals surface area contributed by atoms with E-state index in [0.29, 0.717) is 21.2 Å². The number of aryl methyl sites for hydroxylation is 1. The molecular weight excluding hydrogens is 379 g/mol. The average Bonchev–Trinajstić information content (AvgIpc) is 2.59. The smallest absolute Gasteiger partial charge is 0.344 e. The SMILES string of the molecule is Cc1cc2oc(-c3ccc(Cl)cc3)c(O[C@@H](C)C(=O)O)c(=O)c2cc1Cl. The maximum absolute atomic E-state index is 12.9. The van der Waals surface area contributed by atoms with Gasteiger partial charge in [0.2, 0.25) is 11.2 Å². The monoisotopic (exact) mass is 392 g/mol. The fraction of sp³-hybridized carbons (Fsp3) is 0.158. The molecule has 2 aromatic carbocycles. The van der Waals surface area contributed by atoms with Gasteiger partial charge in [0, 0.05) is 15.6 Å². The molecule has 3 aromatic rings. The second-order valence-corrected chi connectivity index (χ2v) is 6.64. The Bertz CT molecular complexity index is 1050. The summed E-state index contributed by atoms with van der Waals surface area (Å²) in [6.07, 6.45) is -1.23. The van der Waals surface area contributed by atoms with E-state index in [1.54, 1.807) is 37.3 Å². The van der Waals surface area contributed by atoms with Gasteiger partial charge < -0.3 is 14.3 Å². The first-order chi connectivity index (χ1) is 12.3. The van der Waals surface area contributed by atoms with Crippen molar-refractivity contribution in [3.63, 3.8) is 0 Å². The van der Waals surface area contributed by atoms with Crippen LogP contribution in [0.15, 0.2) is 45.6 Å². The van der Waals surface area contributed by atoms with Crippen LogP contribution >= 0.6 is 23.2 Å². The Morgan fingerprint density at radius 2 is 1.85 bits per heavy atom. The Morgan fingerprint density at radius 1 is 1.19 bits per heavy atom. The maximum Gasteiger partial charge on any atom is 0.344 e.